The first-order valence-corrected chi connectivity index (χ1v) is 8.70. The molecule has 5 nitrogen and oxygen atoms in total. The normalized spacial score (nSPS) is 23.1. The lowest BCUT2D eigenvalue weighted by Crippen LogP contribution is -2.44. The predicted octanol–water partition coefficient (Wildman–Crippen LogP) is 4.05. The Labute approximate surface area is 143 Å². The maximum Gasteiger partial charge on any atom is 0.303 e. The molecule has 0 amide bonds. The molecule has 1 heterocycles. The SMILES string of the molecule is CC1(C)OC[C@H](c2ccccc2O)[C@@H](CCCCCCC(=O)O)O1. The number of benzene rings is 1. The highest BCUT2D eigenvalue weighted by molar-refractivity contribution is 5.66. The van der Waals surface area contributed by atoms with Crippen LogP contribution in [0.15, 0.2) is 24.3 Å². The Bertz CT molecular complexity index is 540. The van der Waals surface area contributed by atoms with Crippen LogP contribution in [-0.2, 0) is 14.3 Å². The number of para-hydroxylation sites is 1. The Balaban J connectivity index is 1.92. The number of aromatic hydroxyl groups is 1. The van der Waals surface area contributed by atoms with E-state index >= 15 is 0 Å². The number of aliphatic carboxylic acids is 1. The fourth-order valence-electron chi connectivity index (χ4n) is 3.21. The predicted molar refractivity (Wildman–Crippen MR) is 91.1 cm³/mol. The van der Waals surface area contributed by atoms with Gasteiger partial charge in [0.05, 0.1) is 12.7 Å². The van der Waals surface area contributed by atoms with Crippen molar-refractivity contribution in [3.8, 4) is 5.75 Å². The minimum Gasteiger partial charge on any atom is -0.508 e. The molecule has 1 aliphatic heterocycles. The van der Waals surface area contributed by atoms with Crippen LogP contribution in [0.4, 0.5) is 0 Å². The number of hydrogen-bond donors (Lipinski definition) is 2. The molecule has 2 N–H and O–H groups in total. The zero-order valence-corrected chi connectivity index (χ0v) is 14.5. The van der Waals surface area contributed by atoms with Gasteiger partial charge in [-0.15, -0.1) is 0 Å². The van der Waals surface area contributed by atoms with Crippen molar-refractivity contribution in [2.24, 2.45) is 0 Å². The Hall–Kier alpha value is -1.59. The van der Waals surface area contributed by atoms with E-state index in [1.54, 1.807) is 6.07 Å². The molecule has 0 aliphatic carbocycles. The van der Waals surface area contributed by atoms with Crippen LogP contribution in [-0.4, -0.2) is 34.7 Å². The van der Waals surface area contributed by atoms with E-state index in [1.165, 1.54) is 0 Å². The minimum atomic E-state index is -0.732. The fraction of sp³-hybridized carbons (Fsp3) is 0.632. The molecule has 0 spiro atoms. The average molecular weight is 336 g/mol. The Morgan fingerprint density at radius 2 is 1.92 bits per heavy atom. The summed E-state index contributed by atoms with van der Waals surface area (Å²) >= 11 is 0. The van der Waals surface area contributed by atoms with Crippen LogP contribution in [0.2, 0.25) is 0 Å². The highest BCUT2D eigenvalue weighted by Crippen LogP contribution is 2.38. The van der Waals surface area contributed by atoms with Gasteiger partial charge in [0.2, 0.25) is 0 Å². The Morgan fingerprint density at radius 1 is 1.21 bits per heavy atom. The largest absolute Gasteiger partial charge is 0.508 e. The Kier molecular flexibility index (Phi) is 6.63. The van der Waals surface area contributed by atoms with E-state index in [-0.39, 0.29) is 24.2 Å². The van der Waals surface area contributed by atoms with Gasteiger partial charge in [-0.1, -0.05) is 37.5 Å². The van der Waals surface area contributed by atoms with E-state index in [9.17, 15) is 9.90 Å². The molecule has 1 aliphatic rings. The molecule has 2 atom stereocenters. The van der Waals surface area contributed by atoms with Crippen molar-refractivity contribution in [1.82, 2.24) is 0 Å². The number of phenolic OH excluding ortho intramolecular Hbond substituents is 1. The summed E-state index contributed by atoms with van der Waals surface area (Å²) < 4.78 is 11.9. The zero-order valence-electron chi connectivity index (χ0n) is 14.5. The van der Waals surface area contributed by atoms with Crippen molar-refractivity contribution in [2.45, 2.75) is 70.2 Å². The van der Waals surface area contributed by atoms with E-state index in [2.05, 4.69) is 0 Å². The van der Waals surface area contributed by atoms with Gasteiger partial charge < -0.3 is 19.7 Å². The number of rotatable bonds is 8. The number of carbonyl (C=O) groups is 1. The first kappa shape index (κ1) is 18.7. The summed E-state index contributed by atoms with van der Waals surface area (Å²) in [5.41, 5.74) is 0.865. The van der Waals surface area contributed by atoms with Crippen LogP contribution in [0.25, 0.3) is 0 Å². The molecular weight excluding hydrogens is 308 g/mol. The summed E-state index contributed by atoms with van der Waals surface area (Å²) in [6, 6.07) is 7.34. The highest BCUT2D eigenvalue weighted by atomic mass is 16.7. The summed E-state index contributed by atoms with van der Waals surface area (Å²) in [6.45, 7) is 4.34. The topological polar surface area (TPSA) is 76.0 Å². The maximum absolute atomic E-state index is 10.5. The van der Waals surface area contributed by atoms with Crippen LogP contribution >= 0.6 is 0 Å². The lowest BCUT2D eigenvalue weighted by atomic mass is 9.88. The first-order chi connectivity index (χ1) is 11.4. The fourth-order valence-corrected chi connectivity index (χ4v) is 3.21. The van der Waals surface area contributed by atoms with Gasteiger partial charge in [0.15, 0.2) is 5.79 Å². The molecule has 134 valence electrons. The van der Waals surface area contributed by atoms with Crippen LogP contribution in [0.3, 0.4) is 0 Å². The van der Waals surface area contributed by atoms with Crippen molar-refractivity contribution in [1.29, 1.82) is 0 Å². The molecule has 24 heavy (non-hydrogen) atoms. The third-order valence-corrected chi connectivity index (χ3v) is 4.46. The number of carboxylic acids is 1. The standard InChI is InChI=1S/C19H28O5/c1-19(2)23-13-15(14-9-7-8-10-16(14)20)17(24-19)11-5-3-4-6-12-18(21)22/h7-10,15,17,20H,3-6,11-13H2,1-2H3,(H,21,22)/t15-,17-/m1/s1. The Morgan fingerprint density at radius 3 is 2.62 bits per heavy atom. The molecule has 0 saturated carbocycles. The van der Waals surface area contributed by atoms with Gasteiger partial charge >= 0.3 is 5.97 Å². The number of ether oxygens (including phenoxy) is 2. The molecule has 0 unspecified atom stereocenters. The van der Waals surface area contributed by atoms with Crippen molar-refractivity contribution in [2.75, 3.05) is 6.61 Å². The molecule has 0 aromatic heterocycles. The molecule has 2 rings (SSSR count). The van der Waals surface area contributed by atoms with Gasteiger partial charge in [0.25, 0.3) is 0 Å². The second kappa shape index (κ2) is 8.49. The lowest BCUT2D eigenvalue weighted by Gasteiger charge is -2.41. The number of carboxylic acid groups (broad SMARTS) is 1. The smallest absolute Gasteiger partial charge is 0.303 e. The summed E-state index contributed by atoms with van der Waals surface area (Å²) in [7, 11) is 0. The first-order valence-electron chi connectivity index (χ1n) is 8.70. The number of phenols is 1. The molecule has 0 radical (unpaired) electrons. The third kappa shape index (κ3) is 5.49. The van der Waals surface area contributed by atoms with Gasteiger partial charge in [-0.2, -0.15) is 0 Å². The van der Waals surface area contributed by atoms with Crippen molar-refractivity contribution in [3.63, 3.8) is 0 Å². The van der Waals surface area contributed by atoms with Crippen molar-refractivity contribution in [3.05, 3.63) is 29.8 Å². The average Bonchev–Trinajstić information content (AvgIpc) is 2.51. The molecular formula is C19H28O5. The molecule has 5 heteroatoms. The molecule has 1 aromatic carbocycles. The van der Waals surface area contributed by atoms with Gasteiger partial charge in [0, 0.05) is 17.9 Å². The summed E-state index contributed by atoms with van der Waals surface area (Å²) in [6.07, 6.45) is 4.70. The summed E-state index contributed by atoms with van der Waals surface area (Å²) in [5, 5.41) is 18.8. The third-order valence-electron chi connectivity index (χ3n) is 4.46. The van der Waals surface area contributed by atoms with Crippen LogP contribution < -0.4 is 0 Å². The van der Waals surface area contributed by atoms with Crippen LogP contribution in [0, 0.1) is 0 Å². The van der Waals surface area contributed by atoms with Crippen LogP contribution in [0.1, 0.15) is 63.9 Å². The van der Waals surface area contributed by atoms with Gasteiger partial charge in [0.1, 0.15) is 5.75 Å². The molecule has 1 fully saturated rings. The van der Waals surface area contributed by atoms with E-state index in [0.717, 1.165) is 37.7 Å². The maximum atomic E-state index is 10.5. The number of unbranched alkanes of at least 4 members (excludes halogenated alkanes) is 3. The van der Waals surface area contributed by atoms with Crippen LogP contribution in [0.5, 0.6) is 5.75 Å². The minimum absolute atomic E-state index is 0.0123. The molecule has 0 bridgehead atoms. The van der Waals surface area contributed by atoms with E-state index in [4.69, 9.17) is 14.6 Å². The molecule has 1 saturated heterocycles. The monoisotopic (exact) mass is 336 g/mol. The van der Waals surface area contributed by atoms with E-state index in [1.807, 2.05) is 32.0 Å². The quantitative estimate of drug-likeness (QED) is 0.700. The molecule has 1 aromatic rings. The van der Waals surface area contributed by atoms with Crippen molar-refractivity contribution < 1.29 is 24.5 Å². The number of hydrogen-bond acceptors (Lipinski definition) is 4. The zero-order chi connectivity index (χ0) is 17.6. The van der Waals surface area contributed by atoms with E-state index in [0.29, 0.717) is 6.61 Å². The second-order valence-corrected chi connectivity index (χ2v) is 6.88. The lowest BCUT2D eigenvalue weighted by molar-refractivity contribution is -0.282. The van der Waals surface area contributed by atoms with Gasteiger partial charge in [-0.3, -0.25) is 4.79 Å². The van der Waals surface area contributed by atoms with E-state index < -0.39 is 11.8 Å². The summed E-state index contributed by atoms with van der Waals surface area (Å²) in [4.78, 5) is 10.5. The second-order valence-electron chi connectivity index (χ2n) is 6.88. The van der Waals surface area contributed by atoms with Crippen molar-refractivity contribution >= 4 is 5.97 Å². The van der Waals surface area contributed by atoms with Gasteiger partial charge in [-0.25, -0.2) is 0 Å². The summed E-state index contributed by atoms with van der Waals surface area (Å²) in [5.74, 6) is -1.06. The van der Waals surface area contributed by atoms with Gasteiger partial charge in [-0.05, 0) is 32.8 Å². The highest BCUT2D eigenvalue weighted by Gasteiger charge is 2.37.